The maximum atomic E-state index is 5.91. The van der Waals surface area contributed by atoms with Gasteiger partial charge in [-0.2, -0.15) is 5.10 Å². The predicted molar refractivity (Wildman–Crippen MR) is 84.8 cm³/mol. The average molecular weight is 339 g/mol. The third-order valence-electron chi connectivity index (χ3n) is 2.50. The van der Waals surface area contributed by atoms with Crippen molar-refractivity contribution in [3.8, 4) is 0 Å². The first kappa shape index (κ1) is 14.1. The normalized spacial score (nSPS) is 11.4. The van der Waals surface area contributed by atoms with Gasteiger partial charge in [0.15, 0.2) is 0 Å². The van der Waals surface area contributed by atoms with E-state index >= 15 is 0 Å². The highest BCUT2D eigenvalue weighted by molar-refractivity contribution is 9.10. The zero-order chi connectivity index (χ0) is 13.7. The molecule has 0 atom stereocenters. The van der Waals surface area contributed by atoms with Gasteiger partial charge in [-0.05, 0) is 30.3 Å². The smallest absolute Gasteiger partial charge is 0.0815 e. The highest BCUT2D eigenvalue weighted by Crippen LogP contribution is 2.16. The van der Waals surface area contributed by atoms with E-state index in [-0.39, 0.29) is 0 Å². The molecule has 3 nitrogen and oxygen atoms in total. The predicted octanol–water partition coefficient (Wildman–Crippen LogP) is 3.88. The lowest BCUT2D eigenvalue weighted by Gasteiger charge is -2.06. The Kier molecular flexibility index (Phi) is 4.96. The highest BCUT2D eigenvalue weighted by Gasteiger charge is 2.02. The maximum Gasteiger partial charge on any atom is 0.0815 e. The molecular weight excluding hydrogens is 326 g/mol. The van der Waals surface area contributed by atoms with Crippen molar-refractivity contribution in [3.63, 3.8) is 0 Å². The van der Waals surface area contributed by atoms with E-state index in [0.717, 1.165) is 21.4 Å². The second-order valence-corrected chi connectivity index (χ2v) is 5.25. The zero-order valence-corrected chi connectivity index (χ0v) is 12.4. The highest BCUT2D eigenvalue weighted by atomic mass is 79.9. The quantitative estimate of drug-likeness (QED) is 0.656. The van der Waals surface area contributed by atoms with Crippen LogP contribution in [-0.4, -0.2) is 12.3 Å². The summed E-state index contributed by atoms with van der Waals surface area (Å²) in [6, 6.07) is 15.2. The third-order valence-corrected chi connectivity index (χ3v) is 3.22. The van der Waals surface area contributed by atoms with Crippen LogP contribution in [0.2, 0.25) is 5.02 Å². The molecule has 0 saturated heterocycles. The molecule has 0 radical (unpaired) electrons. The molecule has 0 aromatic heterocycles. The van der Waals surface area contributed by atoms with Crippen molar-refractivity contribution in [3.05, 3.63) is 63.6 Å². The zero-order valence-electron chi connectivity index (χ0n) is 10.1. The van der Waals surface area contributed by atoms with E-state index in [0.29, 0.717) is 11.6 Å². The van der Waals surface area contributed by atoms with Crippen LogP contribution in [0.5, 0.6) is 0 Å². The van der Waals surface area contributed by atoms with E-state index in [2.05, 4.69) is 26.5 Å². The van der Waals surface area contributed by atoms with Crippen LogP contribution in [0.25, 0.3) is 0 Å². The Bertz CT molecular complexity index is 599. The van der Waals surface area contributed by atoms with E-state index < -0.39 is 0 Å². The molecular formula is C14H13BrClN3. The van der Waals surface area contributed by atoms with Crippen LogP contribution in [0, 0.1) is 0 Å². The number of anilines is 1. The first-order valence-electron chi connectivity index (χ1n) is 5.73. The summed E-state index contributed by atoms with van der Waals surface area (Å²) in [5.41, 5.74) is 11.3. The lowest BCUT2D eigenvalue weighted by atomic mass is 10.1. The van der Waals surface area contributed by atoms with Crippen molar-refractivity contribution in [1.82, 2.24) is 0 Å². The SMILES string of the molecule is NCC(=NNc1cccc(Cl)c1)c1cccc(Br)c1. The fraction of sp³-hybridized carbons (Fsp3) is 0.0714. The summed E-state index contributed by atoms with van der Waals surface area (Å²) in [5, 5.41) is 4.99. The van der Waals surface area contributed by atoms with Gasteiger partial charge in [0, 0.05) is 21.6 Å². The molecule has 98 valence electrons. The molecule has 0 fully saturated rings. The van der Waals surface area contributed by atoms with Crippen molar-refractivity contribution in [1.29, 1.82) is 0 Å². The summed E-state index contributed by atoms with van der Waals surface area (Å²) < 4.78 is 0.994. The van der Waals surface area contributed by atoms with Crippen LogP contribution < -0.4 is 11.2 Å². The summed E-state index contributed by atoms with van der Waals surface area (Å²) in [6.45, 7) is 0.351. The topological polar surface area (TPSA) is 50.4 Å². The molecule has 0 spiro atoms. The number of rotatable bonds is 4. The molecule has 5 heteroatoms. The van der Waals surface area contributed by atoms with Crippen LogP contribution in [0.15, 0.2) is 58.1 Å². The molecule has 2 aromatic carbocycles. The number of hydrogen-bond acceptors (Lipinski definition) is 3. The standard InChI is InChI=1S/C14H13BrClN3/c15-11-4-1-3-10(7-11)14(9-17)19-18-13-6-2-5-12(16)8-13/h1-8,18H,9,17H2. The Morgan fingerprint density at radius 3 is 2.68 bits per heavy atom. The van der Waals surface area contributed by atoms with E-state index in [1.165, 1.54) is 0 Å². The number of hydrazone groups is 1. The third kappa shape index (κ3) is 4.06. The summed E-state index contributed by atoms with van der Waals surface area (Å²) in [4.78, 5) is 0. The van der Waals surface area contributed by atoms with Gasteiger partial charge in [0.1, 0.15) is 0 Å². The fourth-order valence-electron chi connectivity index (χ4n) is 1.59. The van der Waals surface area contributed by atoms with E-state index in [1.54, 1.807) is 6.07 Å². The molecule has 0 amide bonds. The summed E-state index contributed by atoms with van der Waals surface area (Å²) >= 11 is 9.34. The van der Waals surface area contributed by atoms with E-state index in [1.807, 2.05) is 42.5 Å². The summed E-state index contributed by atoms with van der Waals surface area (Å²) in [7, 11) is 0. The van der Waals surface area contributed by atoms with Gasteiger partial charge in [-0.1, -0.05) is 45.7 Å². The average Bonchev–Trinajstić information content (AvgIpc) is 2.40. The molecule has 3 N–H and O–H groups in total. The van der Waals surface area contributed by atoms with Crippen molar-refractivity contribution >= 4 is 38.9 Å². The Hall–Kier alpha value is -1.36. The molecule has 0 aliphatic heterocycles. The fourth-order valence-corrected chi connectivity index (χ4v) is 2.18. The Labute approximate surface area is 125 Å². The Morgan fingerprint density at radius 1 is 1.21 bits per heavy atom. The summed E-state index contributed by atoms with van der Waals surface area (Å²) in [6.07, 6.45) is 0. The second-order valence-electron chi connectivity index (χ2n) is 3.90. The largest absolute Gasteiger partial charge is 0.325 e. The van der Waals surface area contributed by atoms with Crippen molar-refractivity contribution in [2.24, 2.45) is 10.8 Å². The Balaban J connectivity index is 2.20. The number of nitrogens with one attached hydrogen (secondary N) is 1. The lowest BCUT2D eigenvalue weighted by Crippen LogP contribution is -2.16. The number of nitrogens with zero attached hydrogens (tertiary/aromatic N) is 1. The lowest BCUT2D eigenvalue weighted by molar-refractivity contribution is 1.24. The maximum absolute atomic E-state index is 5.91. The number of hydrogen-bond donors (Lipinski definition) is 2. The number of nitrogens with two attached hydrogens (primary N) is 1. The van der Waals surface area contributed by atoms with Crippen molar-refractivity contribution in [2.45, 2.75) is 0 Å². The number of benzene rings is 2. The monoisotopic (exact) mass is 337 g/mol. The van der Waals surface area contributed by atoms with Crippen LogP contribution in [-0.2, 0) is 0 Å². The second kappa shape index (κ2) is 6.70. The van der Waals surface area contributed by atoms with E-state index in [9.17, 15) is 0 Å². The van der Waals surface area contributed by atoms with Crippen LogP contribution in [0.4, 0.5) is 5.69 Å². The van der Waals surface area contributed by atoms with Gasteiger partial charge in [-0.3, -0.25) is 5.43 Å². The molecule has 0 aliphatic carbocycles. The molecule has 0 aliphatic rings. The first-order valence-corrected chi connectivity index (χ1v) is 6.90. The molecule has 0 heterocycles. The van der Waals surface area contributed by atoms with Crippen molar-refractivity contribution < 1.29 is 0 Å². The molecule has 0 bridgehead atoms. The summed E-state index contributed by atoms with van der Waals surface area (Å²) in [5.74, 6) is 0. The van der Waals surface area contributed by atoms with Gasteiger partial charge in [0.2, 0.25) is 0 Å². The van der Waals surface area contributed by atoms with Gasteiger partial charge in [0.25, 0.3) is 0 Å². The van der Waals surface area contributed by atoms with Crippen molar-refractivity contribution in [2.75, 3.05) is 12.0 Å². The first-order chi connectivity index (χ1) is 9.19. The molecule has 2 aromatic rings. The molecule has 2 rings (SSSR count). The molecule has 0 saturated carbocycles. The minimum atomic E-state index is 0.351. The minimum Gasteiger partial charge on any atom is -0.325 e. The van der Waals surface area contributed by atoms with Gasteiger partial charge in [-0.25, -0.2) is 0 Å². The molecule has 0 unspecified atom stereocenters. The van der Waals surface area contributed by atoms with Gasteiger partial charge < -0.3 is 5.73 Å². The van der Waals surface area contributed by atoms with Gasteiger partial charge >= 0.3 is 0 Å². The van der Waals surface area contributed by atoms with Crippen LogP contribution in [0.1, 0.15) is 5.56 Å². The minimum absolute atomic E-state index is 0.351. The van der Waals surface area contributed by atoms with Gasteiger partial charge in [0.05, 0.1) is 11.4 Å². The van der Waals surface area contributed by atoms with Gasteiger partial charge in [-0.15, -0.1) is 0 Å². The number of halogens is 2. The van der Waals surface area contributed by atoms with Crippen LogP contribution >= 0.6 is 27.5 Å². The van der Waals surface area contributed by atoms with E-state index in [4.69, 9.17) is 17.3 Å². The Morgan fingerprint density at radius 2 is 2.00 bits per heavy atom. The molecule has 19 heavy (non-hydrogen) atoms. The van der Waals surface area contributed by atoms with Crippen LogP contribution in [0.3, 0.4) is 0 Å².